The van der Waals surface area contributed by atoms with Crippen molar-refractivity contribution in [2.75, 3.05) is 0 Å². The average molecular weight is 357 g/mol. The van der Waals surface area contributed by atoms with Crippen molar-refractivity contribution < 1.29 is 1.37 Å². The maximum atomic E-state index is 9.10. The zero-order chi connectivity index (χ0) is 17.5. The van der Waals surface area contributed by atoms with Crippen LogP contribution in [0.2, 0.25) is 17.3 Å². The van der Waals surface area contributed by atoms with Crippen LogP contribution in [0.15, 0.2) is 42.6 Å². The van der Waals surface area contributed by atoms with Gasteiger partial charge in [-0.3, -0.25) is 0 Å². The SMILES string of the molecule is [2H]C(C)(c1cc(-c2ccccc2)nc[c]1[Ge]([CH3])([CH3])[CH3])C(C)(C)C. The van der Waals surface area contributed by atoms with E-state index in [9.17, 15) is 0 Å². The molecule has 1 nitrogen and oxygen atoms in total. The number of hydrogen-bond donors (Lipinski definition) is 0. The molecule has 0 N–H and O–H groups in total. The van der Waals surface area contributed by atoms with E-state index in [4.69, 9.17) is 6.35 Å². The summed E-state index contributed by atoms with van der Waals surface area (Å²) in [5.74, 6) is 6.48. The van der Waals surface area contributed by atoms with Gasteiger partial charge in [-0.05, 0) is 0 Å². The van der Waals surface area contributed by atoms with Crippen molar-refractivity contribution in [2.24, 2.45) is 5.41 Å². The third-order valence-electron chi connectivity index (χ3n) is 4.31. The van der Waals surface area contributed by atoms with Crippen molar-refractivity contribution in [1.82, 2.24) is 4.98 Å². The second-order valence-electron chi connectivity index (χ2n) is 8.11. The van der Waals surface area contributed by atoms with E-state index >= 15 is 0 Å². The van der Waals surface area contributed by atoms with Crippen LogP contribution in [0.25, 0.3) is 11.3 Å². The van der Waals surface area contributed by atoms with Crippen LogP contribution >= 0.6 is 0 Å². The molecule has 0 fully saturated rings. The van der Waals surface area contributed by atoms with Crippen LogP contribution < -0.4 is 4.40 Å². The summed E-state index contributed by atoms with van der Waals surface area (Å²) in [5, 5.41) is 0. The van der Waals surface area contributed by atoms with Crippen molar-refractivity contribution in [3.05, 3.63) is 48.2 Å². The second-order valence-corrected chi connectivity index (χ2v) is 18.7. The van der Waals surface area contributed by atoms with Gasteiger partial charge in [-0.2, -0.15) is 0 Å². The molecule has 118 valence electrons. The fraction of sp³-hybridized carbons (Fsp3) is 0.450. The number of rotatable bonds is 3. The predicted octanol–water partition coefficient (Wildman–Crippen LogP) is 5.44. The van der Waals surface area contributed by atoms with Crippen LogP contribution in [-0.2, 0) is 0 Å². The molecule has 0 saturated heterocycles. The monoisotopic (exact) mass is 358 g/mol. The van der Waals surface area contributed by atoms with E-state index < -0.39 is 19.2 Å². The van der Waals surface area contributed by atoms with Gasteiger partial charge in [-0.1, -0.05) is 0 Å². The Morgan fingerprint density at radius 2 is 1.68 bits per heavy atom. The van der Waals surface area contributed by atoms with E-state index in [1.54, 1.807) is 0 Å². The van der Waals surface area contributed by atoms with E-state index in [1.807, 2.05) is 18.2 Å². The Kier molecular flexibility index (Phi) is 4.45. The van der Waals surface area contributed by atoms with E-state index in [1.165, 1.54) is 4.40 Å². The van der Waals surface area contributed by atoms with Crippen LogP contribution in [-0.4, -0.2) is 18.3 Å². The van der Waals surface area contributed by atoms with Crippen molar-refractivity contribution in [3.63, 3.8) is 0 Å². The van der Waals surface area contributed by atoms with Crippen LogP contribution in [0.3, 0.4) is 0 Å². The third kappa shape index (κ3) is 3.81. The Balaban J connectivity index is 2.70. The quantitative estimate of drug-likeness (QED) is 0.667. The molecule has 0 amide bonds. The maximum absolute atomic E-state index is 9.10. The van der Waals surface area contributed by atoms with Gasteiger partial charge in [-0.25, -0.2) is 0 Å². The molecular formula is C20H29GeN. The molecule has 0 spiro atoms. The molecule has 0 radical (unpaired) electrons. The molecule has 1 aromatic heterocycles. The van der Waals surface area contributed by atoms with Crippen LogP contribution in [0.1, 0.15) is 40.5 Å². The number of nitrogens with zero attached hydrogens (tertiary/aromatic N) is 1. The van der Waals surface area contributed by atoms with Crippen LogP contribution in [0.4, 0.5) is 0 Å². The predicted molar refractivity (Wildman–Crippen MR) is 101 cm³/mol. The fourth-order valence-electron chi connectivity index (χ4n) is 2.53. The molecule has 0 bridgehead atoms. The molecule has 0 aliphatic rings. The van der Waals surface area contributed by atoms with Gasteiger partial charge in [0.15, 0.2) is 0 Å². The summed E-state index contributed by atoms with van der Waals surface area (Å²) in [6, 6.07) is 12.4. The molecule has 1 heterocycles. The molecular weight excluding hydrogens is 327 g/mol. The summed E-state index contributed by atoms with van der Waals surface area (Å²) in [6.45, 7) is 8.51. The summed E-state index contributed by atoms with van der Waals surface area (Å²) in [6.07, 6.45) is 2.05. The molecule has 0 aliphatic heterocycles. The van der Waals surface area contributed by atoms with Crippen molar-refractivity contribution in [3.8, 4) is 11.3 Å². The number of pyridine rings is 1. The minimum absolute atomic E-state index is 0.134. The number of aromatic nitrogens is 1. The Hall–Kier alpha value is -1.09. The molecule has 1 unspecified atom stereocenters. The van der Waals surface area contributed by atoms with E-state index in [-0.39, 0.29) is 5.41 Å². The first-order valence-corrected chi connectivity index (χ1v) is 15.4. The van der Waals surface area contributed by atoms with Gasteiger partial charge in [0.05, 0.1) is 0 Å². The summed E-state index contributed by atoms with van der Waals surface area (Å²) in [5.41, 5.74) is 3.11. The van der Waals surface area contributed by atoms with Crippen molar-refractivity contribution in [1.29, 1.82) is 0 Å². The molecule has 2 heteroatoms. The standard InChI is InChI=1S/C20H29GeN/c1-15(20(2,3)4)17-13-19(16-11-9-8-10-12-16)22-14-18(17)21(5,6)7/h8-15H,1-7H3/i15D. The first-order valence-electron chi connectivity index (χ1n) is 8.51. The van der Waals surface area contributed by atoms with Crippen molar-refractivity contribution in [2.45, 2.75) is 50.9 Å². The van der Waals surface area contributed by atoms with E-state index in [2.05, 4.69) is 69.4 Å². The first kappa shape index (κ1) is 15.8. The van der Waals surface area contributed by atoms with Crippen LogP contribution in [0.5, 0.6) is 0 Å². The van der Waals surface area contributed by atoms with Gasteiger partial charge in [0.1, 0.15) is 0 Å². The molecule has 1 aromatic carbocycles. The third-order valence-corrected chi connectivity index (χ3v) is 8.54. The Morgan fingerprint density at radius 1 is 1.09 bits per heavy atom. The van der Waals surface area contributed by atoms with Crippen LogP contribution in [0, 0.1) is 5.41 Å². The summed E-state index contributed by atoms with van der Waals surface area (Å²) in [7, 11) is 0. The summed E-state index contributed by atoms with van der Waals surface area (Å²) in [4.78, 5) is 4.74. The molecule has 0 saturated carbocycles. The topological polar surface area (TPSA) is 12.9 Å². The van der Waals surface area contributed by atoms with Gasteiger partial charge < -0.3 is 0 Å². The molecule has 1 atom stereocenters. The van der Waals surface area contributed by atoms with E-state index in [0.29, 0.717) is 0 Å². The number of benzene rings is 1. The normalized spacial score (nSPS) is 16.0. The Morgan fingerprint density at radius 3 is 2.18 bits per heavy atom. The summed E-state index contributed by atoms with van der Waals surface area (Å²) >= 11 is -2.11. The van der Waals surface area contributed by atoms with E-state index in [0.717, 1.165) is 16.8 Å². The minimum atomic E-state index is -2.11. The Bertz CT molecular complexity index is 679. The van der Waals surface area contributed by atoms with Gasteiger partial charge in [0.2, 0.25) is 0 Å². The van der Waals surface area contributed by atoms with Gasteiger partial charge >= 0.3 is 140 Å². The zero-order valence-corrected chi connectivity index (χ0v) is 17.1. The molecule has 22 heavy (non-hydrogen) atoms. The van der Waals surface area contributed by atoms with Gasteiger partial charge in [0, 0.05) is 0 Å². The second kappa shape index (κ2) is 6.19. The zero-order valence-electron chi connectivity index (χ0n) is 16.0. The summed E-state index contributed by atoms with van der Waals surface area (Å²) < 4.78 is 10.4. The number of hydrogen-bond acceptors (Lipinski definition) is 1. The van der Waals surface area contributed by atoms with Gasteiger partial charge in [0.25, 0.3) is 0 Å². The average Bonchev–Trinajstić information content (AvgIpc) is 2.45. The Labute approximate surface area is 140 Å². The molecule has 2 rings (SSSR count). The first-order chi connectivity index (χ1) is 10.4. The van der Waals surface area contributed by atoms with Crippen molar-refractivity contribution >= 4 is 17.7 Å². The van der Waals surface area contributed by atoms with Gasteiger partial charge in [-0.15, -0.1) is 0 Å². The molecule has 0 aliphatic carbocycles. The fourth-order valence-corrected chi connectivity index (χ4v) is 5.72. The molecule has 2 aromatic rings.